The van der Waals surface area contributed by atoms with Crippen LogP contribution in [0.4, 0.5) is 23.7 Å². The molecule has 33 heavy (non-hydrogen) atoms. The van der Waals surface area contributed by atoms with Crippen molar-refractivity contribution in [3.63, 3.8) is 0 Å². The number of piperazine rings is 1. The number of alkyl halides is 3. The van der Waals surface area contributed by atoms with Crippen molar-refractivity contribution >= 4 is 34.9 Å². The molecule has 1 N–H and O–H groups in total. The quantitative estimate of drug-likeness (QED) is 0.519. The molecule has 1 aliphatic heterocycles. The van der Waals surface area contributed by atoms with E-state index in [1.54, 1.807) is 23.1 Å². The molecular formula is C21H18Cl2F3N5O2. The Morgan fingerprint density at radius 2 is 1.67 bits per heavy atom. The highest BCUT2D eigenvalue weighted by molar-refractivity contribution is 6.39. The van der Waals surface area contributed by atoms with Crippen molar-refractivity contribution in [1.82, 2.24) is 19.9 Å². The van der Waals surface area contributed by atoms with E-state index in [0.29, 0.717) is 59.8 Å². The summed E-state index contributed by atoms with van der Waals surface area (Å²) in [4.78, 5) is 20.5. The number of halogens is 5. The highest BCUT2D eigenvalue weighted by atomic mass is 35.5. The van der Waals surface area contributed by atoms with E-state index < -0.39 is 11.7 Å². The second-order valence-corrected chi connectivity index (χ2v) is 8.20. The SMILES string of the molecule is O=C(Nc1c(Cl)cccc1Cl)N1CCN(Cc2noc(-c3ccc(C(F)(F)F)cc3)n2)CC1. The molecule has 12 heteroatoms. The summed E-state index contributed by atoms with van der Waals surface area (Å²) >= 11 is 12.2. The summed E-state index contributed by atoms with van der Waals surface area (Å²) in [5.74, 6) is 0.555. The first-order valence-electron chi connectivity index (χ1n) is 9.93. The average Bonchev–Trinajstić information content (AvgIpc) is 3.25. The Morgan fingerprint density at radius 1 is 1.03 bits per heavy atom. The molecule has 0 radical (unpaired) electrons. The number of nitrogens with one attached hydrogen (secondary N) is 1. The molecule has 4 rings (SSSR count). The largest absolute Gasteiger partial charge is 0.416 e. The van der Waals surface area contributed by atoms with E-state index in [-0.39, 0.29) is 11.9 Å². The molecule has 0 aliphatic carbocycles. The molecule has 7 nitrogen and oxygen atoms in total. The molecule has 1 aromatic heterocycles. The van der Waals surface area contributed by atoms with E-state index in [1.807, 2.05) is 4.90 Å². The molecule has 3 aromatic rings. The van der Waals surface area contributed by atoms with E-state index in [4.69, 9.17) is 27.7 Å². The van der Waals surface area contributed by atoms with E-state index in [1.165, 1.54) is 12.1 Å². The van der Waals surface area contributed by atoms with Crippen LogP contribution in [-0.4, -0.2) is 52.2 Å². The van der Waals surface area contributed by atoms with Gasteiger partial charge in [0.2, 0.25) is 0 Å². The van der Waals surface area contributed by atoms with Crippen LogP contribution in [0.1, 0.15) is 11.4 Å². The van der Waals surface area contributed by atoms with Crippen LogP contribution < -0.4 is 5.32 Å². The number of nitrogens with zero attached hydrogens (tertiary/aromatic N) is 4. The second kappa shape index (κ2) is 9.58. The lowest BCUT2D eigenvalue weighted by molar-refractivity contribution is -0.137. The molecule has 2 amide bonds. The molecular weight excluding hydrogens is 482 g/mol. The van der Waals surface area contributed by atoms with Gasteiger partial charge in [-0.25, -0.2) is 4.79 Å². The van der Waals surface area contributed by atoms with Crippen molar-refractivity contribution < 1.29 is 22.5 Å². The van der Waals surface area contributed by atoms with Gasteiger partial charge in [-0.15, -0.1) is 0 Å². The molecule has 1 saturated heterocycles. The first kappa shape index (κ1) is 23.3. The van der Waals surface area contributed by atoms with Crippen molar-refractivity contribution in [2.24, 2.45) is 0 Å². The number of carbonyl (C=O) groups excluding carboxylic acids is 1. The average molecular weight is 500 g/mol. The van der Waals surface area contributed by atoms with Gasteiger partial charge in [-0.1, -0.05) is 34.4 Å². The fraction of sp³-hybridized carbons (Fsp3) is 0.286. The van der Waals surface area contributed by atoms with Gasteiger partial charge in [-0.2, -0.15) is 18.2 Å². The predicted molar refractivity (Wildman–Crippen MR) is 117 cm³/mol. The Bertz CT molecular complexity index is 1110. The molecule has 0 saturated carbocycles. The summed E-state index contributed by atoms with van der Waals surface area (Å²) < 4.78 is 43.3. The van der Waals surface area contributed by atoms with Gasteiger partial charge in [0.25, 0.3) is 5.89 Å². The van der Waals surface area contributed by atoms with Crippen molar-refractivity contribution in [3.05, 3.63) is 63.9 Å². The Kier molecular flexibility index (Phi) is 6.78. The van der Waals surface area contributed by atoms with Crippen LogP contribution in [-0.2, 0) is 12.7 Å². The number of para-hydroxylation sites is 1. The Hall–Kier alpha value is -2.82. The lowest BCUT2D eigenvalue weighted by atomic mass is 10.1. The van der Waals surface area contributed by atoms with Gasteiger partial charge < -0.3 is 14.7 Å². The Morgan fingerprint density at radius 3 is 2.27 bits per heavy atom. The van der Waals surface area contributed by atoms with Crippen LogP contribution in [0.5, 0.6) is 0 Å². The van der Waals surface area contributed by atoms with Crippen molar-refractivity contribution in [1.29, 1.82) is 0 Å². The zero-order valence-corrected chi connectivity index (χ0v) is 18.6. The maximum atomic E-state index is 12.7. The van der Waals surface area contributed by atoms with Crippen molar-refractivity contribution in [3.8, 4) is 11.5 Å². The van der Waals surface area contributed by atoms with Gasteiger partial charge in [0.05, 0.1) is 27.8 Å². The van der Waals surface area contributed by atoms with Crippen LogP contribution in [0, 0.1) is 0 Å². The number of hydrogen-bond acceptors (Lipinski definition) is 5. The molecule has 174 valence electrons. The summed E-state index contributed by atoms with van der Waals surface area (Å²) in [7, 11) is 0. The second-order valence-electron chi connectivity index (χ2n) is 7.38. The fourth-order valence-corrected chi connectivity index (χ4v) is 3.84. The van der Waals surface area contributed by atoms with Gasteiger partial charge in [0, 0.05) is 31.7 Å². The fourth-order valence-electron chi connectivity index (χ4n) is 3.35. The summed E-state index contributed by atoms with van der Waals surface area (Å²) in [6.07, 6.45) is -4.41. The van der Waals surface area contributed by atoms with Crippen LogP contribution in [0.2, 0.25) is 10.0 Å². The molecule has 0 spiro atoms. The standard InChI is InChI=1S/C21H18Cl2F3N5O2/c22-15-2-1-3-16(23)18(15)28-20(32)31-10-8-30(9-11-31)12-17-27-19(33-29-17)13-4-6-14(7-5-13)21(24,25)26/h1-7H,8-12H2,(H,28,32). The number of carbonyl (C=O) groups is 1. The normalized spacial score (nSPS) is 15.0. The number of rotatable bonds is 4. The number of urea groups is 1. The zero-order valence-electron chi connectivity index (χ0n) is 17.1. The summed E-state index contributed by atoms with van der Waals surface area (Å²) in [5.41, 5.74) is 0.0297. The Labute approximate surface area is 197 Å². The molecule has 0 atom stereocenters. The molecule has 0 unspecified atom stereocenters. The number of anilines is 1. The summed E-state index contributed by atoms with van der Waals surface area (Å²) in [6, 6.07) is 9.22. The first-order chi connectivity index (χ1) is 15.7. The van der Waals surface area contributed by atoms with Crippen molar-refractivity contribution in [2.75, 3.05) is 31.5 Å². The number of benzene rings is 2. The molecule has 2 aromatic carbocycles. The topological polar surface area (TPSA) is 74.5 Å². The number of amides is 2. The van der Waals surface area contributed by atoms with Gasteiger partial charge >= 0.3 is 12.2 Å². The maximum Gasteiger partial charge on any atom is 0.416 e. The third-order valence-corrected chi connectivity index (χ3v) is 5.78. The van der Waals surface area contributed by atoms with E-state index in [0.717, 1.165) is 12.1 Å². The Balaban J connectivity index is 1.31. The maximum absolute atomic E-state index is 12.7. The minimum Gasteiger partial charge on any atom is -0.334 e. The van der Waals surface area contributed by atoms with Gasteiger partial charge in [0.15, 0.2) is 5.82 Å². The van der Waals surface area contributed by atoms with Gasteiger partial charge in [-0.05, 0) is 36.4 Å². The lowest BCUT2D eigenvalue weighted by Gasteiger charge is -2.34. The van der Waals surface area contributed by atoms with E-state index in [2.05, 4.69) is 15.5 Å². The van der Waals surface area contributed by atoms with Crippen LogP contribution >= 0.6 is 23.2 Å². The monoisotopic (exact) mass is 499 g/mol. The molecule has 0 bridgehead atoms. The van der Waals surface area contributed by atoms with Crippen molar-refractivity contribution in [2.45, 2.75) is 12.7 Å². The first-order valence-corrected chi connectivity index (χ1v) is 10.7. The minimum atomic E-state index is -4.41. The predicted octanol–water partition coefficient (Wildman–Crippen LogP) is 5.41. The molecule has 1 fully saturated rings. The van der Waals surface area contributed by atoms with Gasteiger partial charge in [0.1, 0.15) is 0 Å². The van der Waals surface area contributed by atoms with Crippen LogP contribution in [0.3, 0.4) is 0 Å². The third kappa shape index (κ3) is 5.58. The lowest BCUT2D eigenvalue weighted by Crippen LogP contribution is -2.49. The van der Waals surface area contributed by atoms with Gasteiger partial charge in [-0.3, -0.25) is 4.90 Å². The zero-order chi connectivity index (χ0) is 23.6. The number of aromatic nitrogens is 2. The highest BCUT2D eigenvalue weighted by Gasteiger charge is 2.30. The molecule has 1 aliphatic rings. The van der Waals surface area contributed by atoms with E-state index >= 15 is 0 Å². The minimum absolute atomic E-state index is 0.147. The smallest absolute Gasteiger partial charge is 0.334 e. The number of hydrogen-bond donors (Lipinski definition) is 1. The molecule has 2 heterocycles. The highest BCUT2D eigenvalue weighted by Crippen LogP contribution is 2.31. The van der Waals surface area contributed by atoms with Crippen LogP contribution in [0.15, 0.2) is 47.0 Å². The van der Waals surface area contributed by atoms with E-state index in [9.17, 15) is 18.0 Å². The summed E-state index contributed by atoms with van der Waals surface area (Å²) in [5, 5.41) is 7.37. The van der Waals surface area contributed by atoms with Crippen LogP contribution in [0.25, 0.3) is 11.5 Å². The summed E-state index contributed by atoms with van der Waals surface area (Å²) in [6.45, 7) is 2.48. The third-order valence-electron chi connectivity index (χ3n) is 5.15.